The summed E-state index contributed by atoms with van der Waals surface area (Å²) < 4.78 is 11.4. The summed E-state index contributed by atoms with van der Waals surface area (Å²) in [6.45, 7) is 10.1. The molecule has 1 unspecified atom stereocenters. The average molecular weight is 426 g/mol. The minimum absolute atomic E-state index is 0.0807. The Morgan fingerprint density at radius 3 is 2.29 bits per heavy atom. The topological polar surface area (TPSA) is 54.0 Å². The predicted octanol–water partition coefficient (Wildman–Crippen LogP) is 3.57. The Morgan fingerprint density at radius 1 is 0.968 bits per heavy atom. The van der Waals surface area contributed by atoms with E-state index in [9.17, 15) is 4.79 Å². The standard InChI is InChI=1S/C25H35N3O3/c1-3-30-23-12-7-8-13-24(23)31-19-9-14-25(29)26-21(2)20-27-15-17-28(18-16-27)22-10-5-4-6-11-22/h4-8,10-13,21H,3,9,14-20H2,1-2H3,(H,26,29). The summed E-state index contributed by atoms with van der Waals surface area (Å²) in [6, 6.07) is 18.3. The Morgan fingerprint density at radius 2 is 1.61 bits per heavy atom. The Balaban J connectivity index is 1.30. The van der Waals surface area contributed by atoms with Crippen LogP contribution in [0, 0.1) is 0 Å². The van der Waals surface area contributed by atoms with Crippen molar-refractivity contribution >= 4 is 11.6 Å². The molecule has 1 heterocycles. The highest BCUT2D eigenvalue weighted by molar-refractivity contribution is 5.76. The Labute approximate surface area is 186 Å². The molecule has 1 N–H and O–H groups in total. The monoisotopic (exact) mass is 425 g/mol. The molecular weight excluding hydrogens is 390 g/mol. The van der Waals surface area contributed by atoms with Crippen molar-refractivity contribution < 1.29 is 14.3 Å². The molecular formula is C25H35N3O3. The number of carbonyl (C=O) groups excluding carboxylic acids is 1. The molecule has 3 rings (SSSR count). The van der Waals surface area contributed by atoms with Crippen molar-refractivity contribution in [3.63, 3.8) is 0 Å². The summed E-state index contributed by atoms with van der Waals surface area (Å²) in [5.74, 6) is 1.56. The smallest absolute Gasteiger partial charge is 0.220 e. The van der Waals surface area contributed by atoms with Crippen LogP contribution >= 0.6 is 0 Å². The lowest BCUT2D eigenvalue weighted by atomic mass is 10.2. The van der Waals surface area contributed by atoms with Crippen molar-refractivity contribution in [2.45, 2.75) is 32.7 Å². The molecule has 2 aromatic rings. The fourth-order valence-corrected chi connectivity index (χ4v) is 3.87. The fourth-order valence-electron chi connectivity index (χ4n) is 3.87. The number of nitrogens with one attached hydrogen (secondary N) is 1. The van der Waals surface area contributed by atoms with Gasteiger partial charge >= 0.3 is 0 Å². The fraction of sp³-hybridized carbons (Fsp3) is 0.480. The molecule has 6 nitrogen and oxygen atoms in total. The lowest BCUT2D eigenvalue weighted by molar-refractivity contribution is -0.122. The van der Waals surface area contributed by atoms with Gasteiger partial charge in [-0.2, -0.15) is 0 Å². The zero-order valence-electron chi connectivity index (χ0n) is 18.8. The molecule has 31 heavy (non-hydrogen) atoms. The van der Waals surface area contributed by atoms with E-state index in [1.807, 2.05) is 31.2 Å². The molecule has 168 valence electrons. The van der Waals surface area contributed by atoms with Crippen LogP contribution in [-0.4, -0.2) is 62.8 Å². The van der Waals surface area contributed by atoms with Gasteiger partial charge in [-0.1, -0.05) is 30.3 Å². The molecule has 1 aliphatic rings. The van der Waals surface area contributed by atoms with Gasteiger partial charge < -0.3 is 19.7 Å². The molecule has 1 amide bonds. The van der Waals surface area contributed by atoms with Crippen LogP contribution in [0.5, 0.6) is 11.5 Å². The van der Waals surface area contributed by atoms with Gasteiger partial charge in [-0.3, -0.25) is 9.69 Å². The maximum Gasteiger partial charge on any atom is 0.220 e. The van der Waals surface area contributed by atoms with Gasteiger partial charge in [0.2, 0.25) is 5.91 Å². The van der Waals surface area contributed by atoms with Crippen molar-refractivity contribution in [3.05, 3.63) is 54.6 Å². The number of piperazine rings is 1. The van der Waals surface area contributed by atoms with Crippen molar-refractivity contribution in [2.24, 2.45) is 0 Å². The first-order valence-corrected chi connectivity index (χ1v) is 11.3. The number of ether oxygens (including phenoxy) is 2. The zero-order chi connectivity index (χ0) is 21.9. The van der Waals surface area contributed by atoms with Gasteiger partial charge in [0, 0.05) is 50.9 Å². The number of rotatable bonds is 11. The van der Waals surface area contributed by atoms with Gasteiger partial charge in [0.25, 0.3) is 0 Å². The molecule has 0 aromatic heterocycles. The maximum atomic E-state index is 12.3. The van der Waals surface area contributed by atoms with Crippen LogP contribution in [0.3, 0.4) is 0 Å². The highest BCUT2D eigenvalue weighted by atomic mass is 16.5. The van der Waals surface area contributed by atoms with E-state index in [1.165, 1.54) is 5.69 Å². The Hall–Kier alpha value is -2.73. The van der Waals surface area contributed by atoms with Gasteiger partial charge in [-0.15, -0.1) is 0 Å². The first-order valence-electron chi connectivity index (χ1n) is 11.3. The molecule has 0 saturated carbocycles. The van der Waals surface area contributed by atoms with E-state index in [2.05, 4.69) is 52.4 Å². The summed E-state index contributed by atoms with van der Waals surface area (Å²) in [7, 11) is 0. The van der Waals surface area contributed by atoms with E-state index < -0.39 is 0 Å². The van der Waals surface area contributed by atoms with Crippen molar-refractivity contribution in [1.82, 2.24) is 10.2 Å². The second-order valence-corrected chi connectivity index (χ2v) is 7.92. The van der Waals surface area contributed by atoms with Crippen LogP contribution in [0.25, 0.3) is 0 Å². The number of amides is 1. The molecule has 0 spiro atoms. The quantitative estimate of drug-likeness (QED) is 0.558. The van der Waals surface area contributed by atoms with E-state index in [0.29, 0.717) is 26.1 Å². The third-order valence-electron chi connectivity index (χ3n) is 5.39. The molecule has 1 aliphatic heterocycles. The van der Waals surface area contributed by atoms with E-state index in [4.69, 9.17) is 9.47 Å². The molecule has 1 atom stereocenters. The number of nitrogens with zero attached hydrogens (tertiary/aromatic N) is 2. The lowest BCUT2D eigenvalue weighted by Crippen LogP contribution is -2.50. The normalized spacial score (nSPS) is 15.4. The third-order valence-corrected chi connectivity index (χ3v) is 5.39. The van der Waals surface area contributed by atoms with Gasteiger partial charge in [0.05, 0.1) is 13.2 Å². The molecule has 1 fully saturated rings. The molecule has 6 heteroatoms. The van der Waals surface area contributed by atoms with Gasteiger partial charge in [0.15, 0.2) is 11.5 Å². The van der Waals surface area contributed by atoms with E-state index in [1.54, 1.807) is 0 Å². The minimum Gasteiger partial charge on any atom is -0.490 e. The summed E-state index contributed by atoms with van der Waals surface area (Å²) in [5, 5.41) is 3.13. The number of hydrogen-bond acceptors (Lipinski definition) is 5. The summed E-state index contributed by atoms with van der Waals surface area (Å²) in [5.41, 5.74) is 1.29. The van der Waals surface area contributed by atoms with Crippen LogP contribution < -0.4 is 19.7 Å². The van der Waals surface area contributed by atoms with Crippen LogP contribution in [0.2, 0.25) is 0 Å². The molecule has 0 radical (unpaired) electrons. The van der Waals surface area contributed by atoms with Gasteiger partial charge in [-0.25, -0.2) is 0 Å². The Bertz CT molecular complexity index is 792. The molecule has 1 saturated heterocycles. The summed E-state index contributed by atoms with van der Waals surface area (Å²) >= 11 is 0. The first kappa shape index (κ1) is 22.9. The number of hydrogen-bond donors (Lipinski definition) is 1. The SMILES string of the molecule is CCOc1ccccc1OCCCC(=O)NC(C)CN1CCN(c2ccccc2)CC1. The second kappa shape index (κ2) is 12.2. The van der Waals surface area contributed by atoms with Crippen LogP contribution in [0.15, 0.2) is 54.6 Å². The van der Waals surface area contributed by atoms with Crippen molar-refractivity contribution in [1.29, 1.82) is 0 Å². The van der Waals surface area contributed by atoms with Gasteiger partial charge in [0.1, 0.15) is 0 Å². The van der Waals surface area contributed by atoms with E-state index >= 15 is 0 Å². The summed E-state index contributed by atoms with van der Waals surface area (Å²) in [4.78, 5) is 17.1. The predicted molar refractivity (Wildman–Crippen MR) is 125 cm³/mol. The van der Waals surface area contributed by atoms with Crippen LogP contribution in [0.4, 0.5) is 5.69 Å². The van der Waals surface area contributed by atoms with Crippen molar-refractivity contribution in [2.75, 3.05) is 50.8 Å². The Kier molecular flexibility index (Phi) is 9.03. The van der Waals surface area contributed by atoms with E-state index in [0.717, 1.165) is 44.2 Å². The van der Waals surface area contributed by atoms with Crippen molar-refractivity contribution in [3.8, 4) is 11.5 Å². The summed E-state index contributed by atoms with van der Waals surface area (Å²) in [6.07, 6.45) is 1.14. The number of para-hydroxylation sites is 3. The maximum absolute atomic E-state index is 12.3. The number of carbonyl (C=O) groups is 1. The third kappa shape index (κ3) is 7.47. The highest BCUT2D eigenvalue weighted by Gasteiger charge is 2.19. The van der Waals surface area contributed by atoms with Gasteiger partial charge in [-0.05, 0) is 44.5 Å². The largest absolute Gasteiger partial charge is 0.490 e. The highest BCUT2D eigenvalue weighted by Crippen LogP contribution is 2.26. The van der Waals surface area contributed by atoms with E-state index in [-0.39, 0.29) is 11.9 Å². The number of benzene rings is 2. The molecule has 0 bridgehead atoms. The molecule has 0 aliphatic carbocycles. The minimum atomic E-state index is 0.0807. The zero-order valence-corrected chi connectivity index (χ0v) is 18.8. The first-order chi connectivity index (χ1) is 15.2. The average Bonchev–Trinajstić information content (AvgIpc) is 2.79. The van der Waals surface area contributed by atoms with Crippen LogP contribution in [0.1, 0.15) is 26.7 Å². The second-order valence-electron chi connectivity index (χ2n) is 7.92. The lowest BCUT2D eigenvalue weighted by Gasteiger charge is -2.37. The molecule has 2 aromatic carbocycles. The number of anilines is 1. The van der Waals surface area contributed by atoms with Crippen LogP contribution in [-0.2, 0) is 4.79 Å².